The molecule has 0 heterocycles. The fourth-order valence-electron chi connectivity index (χ4n) is 1.98. The van der Waals surface area contributed by atoms with Gasteiger partial charge in [0.25, 0.3) is 0 Å². The van der Waals surface area contributed by atoms with Crippen LogP contribution < -0.4 is 10.1 Å². The van der Waals surface area contributed by atoms with Gasteiger partial charge in [0, 0.05) is 11.7 Å². The van der Waals surface area contributed by atoms with Crippen LogP contribution in [0.4, 0.5) is 5.69 Å². The molecule has 2 heteroatoms. The molecule has 0 aliphatic carbocycles. The van der Waals surface area contributed by atoms with Crippen LogP contribution in [0.5, 0.6) is 5.75 Å². The molecule has 1 aromatic rings. The van der Waals surface area contributed by atoms with E-state index in [1.807, 2.05) is 13.0 Å². The molecule has 0 aliphatic heterocycles. The zero-order valence-corrected chi connectivity index (χ0v) is 12.4. The molecule has 1 atom stereocenters. The minimum absolute atomic E-state index is 0.518. The van der Waals surface area contributed by atoms with E-state index in [2.05, 4.69) is 45.1 Å². The summed E-state index contributed by atoms with van der Waals surface area (Å²) in [7, 11) is 0. The highest BCUT2D eigenvalue weighted by molar-refractivity contribution is 5.54. The molecule has 2 nitrogen and oxygen atoms in total. The quantitative estimate of drug-likeness (QED) is 0.760. The van der Waals surface area contributed by atoms with E-state index in [0.29, 0.717) is 6.04 Å². The summed E-state index contributed by atoms with van der Waals surface area (Å²) in [5.41, 5.74) is 2.46. The van der Waals surface area contributed by atoms with Crippen molar-refractivity contribution in [3.05, 3.63) is 23.8 Å². The van der Waals surface area contributed by atoms with Crippen molar-refractivity contribution in [2.75, 3.05) is 11.9 Å². The van der Waals surface area contributed by atoms with Gasteiger partial charge in [0.1, 0.15) is 5.75 Å². The van der Waals surface area contributed by atoms with Gasteiger partial charge in [-0.1, -0.05) is 13.8 Å². The maximum atomic E-state index is 5.50. The minimum Gasteiger partial charge on any atom is -0.494 e. The van der Waals surface area contributed by atoms with E-state index in [9.17, 15) is 0 Å². The lowest BCUT2D eigenvalue weighted by Crippen LogP contribution is -2.16. The molecule has 0 radical (unpaired) electrons. The van der Waals surface area contributed by atoms with Gasteiger partial charge in [-0.05, 0) is 63.3 Å². The average Bonchev–Trinajstić information content (AvgIpc) is 2.30. The van der Waals surface area contributed by atoms with Gasteiger partial charge in [-0.3, -0.25) is 0 Å². The second-order valence-electron chi connectivity index (χ2n) is 5.43. The monoisotopic (exact) mass is 249 g/mol. The third-order valence-electron chi connectivity index (χ3n) is 3.09. The smallest absolute Gasteiger partial charge is 0.119 e. The van der Waals surface area contributed by atoms with Crippen molar-refractivity contribution >= 4 is 5.69 Å². The van der Waals surface area contributed by atoms with E-state index < -0.39 is 0 Å². The fraction of sp³-hybridized carbons (Fsp3) is 0.625. The first kappa shape index (κ1) is 14.9. The topological polar surface area (TPSA) is 21.3 Å². The van der Waals surface area contributed by atoms with E-state index in [0.717, 1.165) is 18.3 Å². The van der Waals surface area contributed by atoms with Gasteiger partial charge in [-0.25, -0.2) is 0 Å². The largest absolute Gasteiger partial charge is 0.494 e. The summed E-state index contributed by atoms with van der Waals surface area (Å²) in [5.74, 6) is 1.73. The molecule has 0 amide bonds. The minimum atomic E-state index is 0.518. The predicted octanol–water partition coefficient (Wildman–Crippen LogP) is 4.63. The summed E-state index contributed by atoms with van der Waals surface area (Å²) < 4.78 is 5.50. The van der Waals surface area contributed by atoms with Crippen LogP contribution in [0.2, 0.25) is 0 Å². The van der Waals surface area contributed by atoms with Gasteiger partial charge >= 0.3 is 0 Å². The first-order valence-corrected chi connectivity index (χ1v) is 7.03. The number of hydrogen-bond acceptors (Lipinski definition) is 2. The molecule has 0 bridgehead atoms. The lowest BCUT2D eigenvalue weighted by atomic mass is 10.0. The van der Waals surface area contributed by atoms with Crippen LogP contribution in [0, 0.1) is 12.8 Å². The molecule has 1 N–H and O–H groups in total. The van der Waals surface area contributed by atoms with Crippen molar-refractivity contribution < 1.29 is 4.74 Å². The third-order valence-corrected chi connectivity index (χ3v) is 3.09. The highest BCUT2D eigenvalue weighted by atomic mass is 16.5. The molecule has 0 saturated carbocycles. The normalized spacial score (nSPS) is 12.6. The summed E-state index contributed by atoms with van der Waals surface area (Å²) in [6, 6.07) is 6.77. The molecule has 0 fully saturated rings. The lowest BCUT2D eigenvalue weighted by molar-refractivity contribution is 0.340. The molecule has 0 aliphatic rings. The van der Waals surface area contributed by atoms with Crippen LogP contribution in [0.15, 0.2) is 18.2 Å². The molecule has 1 unspecified atom stereocenters. The van der Waals surface area contributed by atoms with Crippen LogP contribution in [0.1, 0.15) is 46.1 Å². The molecule has 1 aromatic carbocycles. The third kappa shape index (κ3) is 4.99. The Labute approximate surface area is 112 Å². The Morgan fingerprint density at radius 1 is 1.17 bits per heavy atom. The Hall–Kier alpha value is -1.18. The van der Waals surface area contributed by atoms with Crippen molar-refractivity contribution in [2.24, 2.45) is 5.92 Å². The highest BCUT2D eigenvalue weighted by Crippen LogP contribution is 2.23. The van der Waals surface area contributed by atoms with Crippen molar-refractivity contribution in [2.45, 2.75) is 53.5 Å². The number of nitrogens with one attached hydrogen (secondary N) is 1. The number of ether oxygens (including phenoxy) is 1. The van der Waals surface area contributed by atoms with Gasteiger partial charge in [-0.2, -0.15) is 0 Å². The van der Waals surface area contributed by atoms with Crippen LogP contribution >= 0.6 is 0 Å². The standard InChI is InChI=1S/C16H27NO/c1-6-18-15-9-10-16(13(4)11-15)17-14(5)8-7-12(2)3/h9-12,14,17H,6-8H2,1-5H3. The number of hydrogen-bond donors (Lipinski definition) is 1. The fourth-order valence-corrected chi connectivity index (χ4v) is 1.98. The molecule has 18 heavy (non-hydrogen) atoms. The average molecular weight is 249 g/mol. The van der Waals surface area contributed by atoms with Gasteiger partial charge < -0.3 is 10.1 Å². The number of anilines is 1. The number of benzene rings is 1. The second kappa shape index (κ2) is 7.30. The summed E-state index contributed by atoms with van der Waals surface area (Å²) in [6.45, 7) is 11.6. The Morgan fingerprint density at radius 3 is 2.44 bits per heavy atom. The maximum Gasteiger partial charge on any atom is 0.119 e. The Kier molecular flexibility index (Phi) is 6.03. The SMILES string of the molecule is CCOc1ccc(NC(C)CCC(C)C)c(C)c1. The van der Waals surface area contributed by atoms with Gasteiger partial charge in [-0.15, -0.1) is 0 Å². The molecular weight excluding hydrogens is 222 g/mol. The van der Waals surface area contributed by atoms with E-state index in [-0.39, 0.29) is 0 Å². The maximum absolute atomic E-state index is 5.50. The van der Waals surface area contributed by atoms with Gasteiger partial charge in [0.15, 0.2) is 0 Å². The van der Waals surface area contributed by atoms with Crippen LogP contribution in [0.25, 0.3) is 0 Å². The second-order valence-corrected chi connectivity index (χ2v) is 5.43. The molecular formula is C16H27NO. The van der Waals surface area contributed by atoms with Crippen LogP contribution in [0.3, 0.4) is 0 Å². The molecule has 0 aromatic heterocycles. The zero-order valence-electron chi connectivity index (χ0n) is 12.4. The first-order valence-electron chi connectivity index (χ1n) is 7.03. The Balaban J connectivity index is 2.56. The van der Waals surface area contributed by atoms with Crippen molar-refractivity contribution in [1.29, 1.82) is 0 Å². The van der Waals surface area contributed by atoms with E-state index >= 15 is 0 Å². The Bertz CT molecular complexity index is 360. The Morgan fingerprint density at radius 2 is 1.89 bits per heavy atom. The highest BCUT2D eigenvalue weighted by Gasteiger charge is 2.06. The van der Waals surface area contributed by atoms with E-state index in [4.69, 9.17) is 4.74 Å². The van der Waals surface area contributed by atoms with E-state index in [1.165, 1.54) is 24.1 Å². The van der Waals surface area contributed by atoms with Crippen LogP contribution in [-0.2, 0) is 0 Å². The van der Waals surface area contributed by atoms with Crippen LogP contribution in [-0.4, -0.2) is 12.6 Å². The molecule has 1 rings (SSSR count). The summed E-state index contributed by atoms with van der Waals surface area (Å²) in [5, 5.41) is 3.58. The van der Waals surface area contributed by atoms with Crippen molar-refractivity contribution in [3.8, 4) is 5.75 Å². The predicted molar refractivity (Wildman–Crippen MR) is 79.5 cm³/mol. The van der Waals surface area contributed by atoms with Gasteiger partial charge in [0.2, 0.25) is 0 Å². The van der Waals surface area contributed by atoms with Crippen molar-refractivity contribution in [1.82, 2.24) is 0 Å². The lowest BCUT2D eigenvalue weighted by Gasteiger charge is -2.18. The summed E-state index contributed by atoms with van der Waals surface area (Å²) in [4.78, 5) is 0. The molecule has 0 spiro atoms. The number of rotatable bonds is 7. The number of aryl methyl sites for hydroxylation is 1. The zero-order chi connectivity index (χ0) is 13.5. The summed E-state index contributed by atoms with van der Waals surface area (Å²) >= 11 is 0. The first-order chi connectivity index (χ1) is 8.52. The van der Waals surface area contributed by atoms with E-state index in [1.54, 1.807) is 0 Å². The summed E-state index contributed by atoms with van der Waals surface area (Å²) in [6.07, 6.45) is 2.48. The van der Waals surface area contributed by atoms with Gasteiger partial charge in [0.05, 0.1) is 6.61 Å². The molecule has 102 valence electrons. The van der Waals surface area contributed by atoms with Crippen molar-refractivity contribution in [3.63, 3.8) is 0 Å². The molecule has 0 saturated heterocycles.